The Hall–Kier alpha value is -2.77. The van der Waals surface area contributed by atoms with Crippen molar-refractivity contribution in [3.05, 3.63) is 71.9 Å². The number of amides is 1. The summed E-state index contributed by atoms with van der Waals surface area (Å²) in [5, 5.41) is 0.879. The van der Waals surface area contributed by atoms with Crippen LogP contribution in [0.4, 0.5) is 0 Å². The molecule has 6 nitrogen and oxygen atoms in total. The number of nitrogens with zero attached hydrogens (tertiary/aromatic N) is 2. The SMILES string of the molecule is O=C(c1cc(C2CC2)nc2ccccc12)N1CCC(NS(=O)(=O)c2ccccc2)CC1. The Labute approximate surface area is 182 Å². The molecule has 2 aromatic carbocycles. The van der Waals surface area contributed by atoms with Gasteiger partial charge in [0.2, 0.25) is 10.0 Å². The highest BCUT2D eigenvalue weighted by molar-refractivity contribution is 7.89. The normalized spacial score (nSPS) is 17.7. The minimum Gasteiger partial charge on any atom is -0.339 e. The molecule has 1 saturated carbocycles. The summed E-state index contributed by atoms with van der Waals surface area (Å²) < 4.78 is 28.0. The van der Waals surface area contributed by atoms with Crippen molar-refractivity contribution in [2.24, 2.45) is 0 Å². The highest BCUT2D eigenvalue weighted by Crippen LogP contribution is 2.40. The van der Waals surface area contributed by atoms with E-state index in [1.54, 1.807) is 30.3 Å². The van der Waals surface area contributed by atoms with Gasteiger partial charge >= 0.3 is 0 Å². The molecule has 2 aliphatic rings. The highest BCUT2D eigenvalue weighted by atomic mass is 32.2. The molecule has 1 saturated heterocycles. The monoisotopic (exact) mass is 435 g/mol. The summed E-state index contributed by atoms with van der Waals surface area (Å²) in [5.74, 6) is 0.471. The number of fused-ring (bicyclic) bond motifs is 1. The average Bonchev–Trinajstić information content (AvgIpc) is 3.64. The molecule has 0 bridgehead atoms. The van der Waals surface area contributed by atoms with Gasteiger partial charge in [0.15, 0.2) is 0 Å². The number of hydrogen-bond donors (Lipinski definition) is 1. The summed E-state index contributed by atoms with van der Waals surface area (Å²) in [5.41, 5.74) is 2.57. The number of carbonyl (C=O) groups excluding carboxylic acids is 1. The number of pyridine rings is 1. The van der Waals surface area contributed by atoms with E-state index in [0.29, 0.717) is 37.4 Å². The van der Waals surface area contributed by atoms with Crippen molar-refractivity contribution in [3.63, 3.8) is 0 Å². The zero-order chi connectivity index (χ0) is 21.4. The highest BCUT2D eigenvalue weighted by Gasteiger charge is 2.30. The smallest absolute Gasteiger partial charge is 0.254 e. The first-order valence-electron chi connectivity index (χ1n) is 10.8. The maximum atomic E-state index is 13.4. The van der Waals surface area contributed by atoms with E-state index in [-0.39, 0.29) is 16.8 Å². The number of likely N-dealkylation sites (tertiary alicyclic amines) is 1. The molecule has 0 atom stereocenters. The minimum absolute atomic E-state index is 0.00451. The Morgan fingerprint density at radius 3 is 2.32 bits per heavy atom. The standard InChI is InChI=1S/C24H25N3O3S/c28-24(21-16-23(17-10-11-17)25-22-9-5-4-8-20(21)22)27-14-12-18(13-15-27)26-31(29,30)19-6-2-1-3-7-19/h1-9,16-18,26H,10-15H2. The van der Waals surface area contributed by atoms with E-state index in [9.17, 15) is 13.2 Å². The fraction of sp³-hybridized carbons (Fsp3) is 0.333. The summed E-state index contributed by atoms with van der Waals surface area (Å²) in [4.78, 5) is 20.2. The van der Waals surface area contributed by atoms with Crippen molar-refractivity contribution >= 4 is 26.8 Å². The zero-order valence-corrected chi connectivity index (χ0v) is 18.0. The van der Waals surface area contributed by atoms with E-state index in [2.05, 4.69) is 4.72 Å². The molecule has 2 fully saturated rings. The summed E-state index contributed by atoms with van der Waals surface area (Å²) in [6, 6.07) is 18.0. The van der Waals surface area contributed by atoms with Crippen molar-refractivity contribution in [2.45, 2.75) is 42.5 Å². The van der Waals surface area contributed by atoms with Gasteiger partial charge in [-0.2, -0.15) is 0 Å². The molecule has 1 aromatic heterocycles. The molecule has 5 rings (SSSR count). The van der Waals surface area contributed by atoms with Gasteiger partial charge in [-0.3, -0.25) is 9.78 Å². The van der Waals surface area contributed by atoms with Crippen LogP contribution in [0.2, 0.25) is 0 Å². The fourth-order valence-corrected chi connectivity index (χ4v) is 5.55. The van der Waals surface area contributed by atoms with Crippen molar-refractivity contribution in [2.75, 3.05) is 13.1 Å². The van der Waals surface area contributed by atoms with Crippen LogP contribution in [0.25, 0.3) is 10.9 Å². The average molecular weight is 436 g/mol. The van der Waals surface area contributed by atoms with Crippen LogP contribution in [0.5, 0.6) is 0 Å². The van der Waals surface area contributed by atoms with Gasteiger partial charge in [-0.25, -0.2) is 13.1 Å². The van der Waals surface area contributed by atoms with E-state index in [1.807, 2.05) is 35.2 Å². The molecule has 0 unspecified atom stereocenters. The van der Waals surface area contributed by atoms with E-state index in [0.717, 1.165) is 29.4 Å². The number of hydrogen-bond acceptors (Lipinski definition) is 4. The number of sulfonamides is 1. The van der Waals surface area contributed by atoms with Crippen molar-refractivity contribution in [1.82, 2.24) is 14.6 Å². The van der Waals surface area contributed by atoms with Crippen LogP contribution in [0.3, 0.4) is 0 Å². The first-order chi connectivity index (χ1) is 15.0. The van der Waals surface area contributed by atoms with Gasteiger partial charge in [0.1, 0.15) is 0 Å². The van der Waals surface area contributed by atoms with Gasteiger partial charge in [-0.15, -0.1) is 0 Å². The van der Waals surface area contributed by atoms with Crippen molar-refractivity contribution < 1.29 is 13.2 Å². The van der Waals surface area contributed by atoms with Crippen molar-refractivity contribution in [1.29, 1.82) is 0 Å². The molecule has 0 spiro atoms. The van der Waals surface area contributed by atoms with E-state index in [1.165, 1.54) is 0 Å². The second-order valence-corrected chi connectivity index (χ2v) is 10.1. The first-order valence-corrected chi connectivity index (χ1v) is 12.3. The van der Waals surface area contributed by atoms with E-state index < -0.39 is 10.0 Å². The molecule has 7 heteroatoms. The molecule has 2 heterocycles. The lowest BCUT2D eigenvalue weighted by Crippen LogP contribution is -2.46. The number of carbonyl (C=O) groups is 1. The lowest BCUT2D eigenvalue weighted by Gasteiger charge is -2.32. The van der Waals surface area contributed by atoms with Gasteiger partial charge in [0, 0.05) is 36.1 Å². The van der Waals surface area contributed by atoms with Gasteiger partial charge in [-0.05, 0) is 49.9 Å². The third-order valence-corrected chi connectivity index (χ3v) is 7.66. The molecule has 1 N–H and O–H groups in total. The predicted octanol–water partition coefficient (Wildman–Crippen LogP) is 3.70. The summed E-state index contributed by atoms with van der Waals surface area (Å²) >= 11 is 0. The molecule has 1 amide bonds. The predicted molar refractivity (Wildman–Crippen MR) is 119 cm³/mol. The van der Waals surface area contributed by atoms with Gasteiger partial charge in [-0.1, -0.05) is 36.4 Å². The van der Waals surface area contributed by atoms with Crippen LogP contribution in [0.15, 0.2) is 65.6 Å². The number of aromatic nitrogens is 1. The number of nitrogens with one attached hydrogen (secondary N) is 1. The minimum atomic E-state index is -3.55. The molecular weight excluding hydrogens is 410 g/mol. The van der Waals surface area contributed by atoms with E-state index in [4.69, 9.17) is 4.98 Å². The van der Waals surface area contributed by atoms with Gasteiger partial charge < -0.3 is 4.90 Å². The second-order valence-electron chi connectivity index (χ2n) is 8.39. The number of benzene rings is 2. The summed E-state index contributed by atoms with van der Waals surface area (Å²) in [6.45, 7) is 1.05. The molecule has 0 radical (unpaired) electrons. The lowest BCUT2D eigenvalue weighted by atomic mass is 10.0. The zero-order valence-electron chi connectivity index (χ0n) is 17.2. The molecule has 160 valence electrons. The van der Waals surface area contributed by atoms with Gasteiger partial charge in [0.05, 0.1) is 16.0 Å². The molecular formula is C24H25N3O3S. The number of rotatable bonds is 5. The van der Waals surface area contributed by atoms with Crippen LogP contribution in [-0.2, 0) is 10.0 Å². The topological polar surface area (TPSA) is 79.4 Å². The lowest BCUT2D eigenvalue weighted by molar-refractivity contribution is 0.0713. The van der Waals surface area contributed by atoms with Crippen molar-refractivity contribution in [3.8, 4) is 0 Å². The third kappa shape index (κ3) is 4.20. The Morgan fingerprint density at radius 1 is 0.935 bits per heavy atom. The van der Waals surface area contributed by atoms with E-state index >= 15 is 0 Å². The fourth-order valence-electron chi connectivity index (χ4n) is 4.22. The first kappa shape index (κ1) is 20.2. The Bertz CT molecular complexity index is 1220. The Morgan fingerprint density at radius 2 is 1.61 bits per heavy atom. The van der Waals surface area contributed by atoms with Crippen LogP contribution < -0.4 is 4.72 Å². The molecule has 31 heavy (non-hydrogen) atoms. The van der Waals surface area contributed by atoms with Crippen LogP contribution >= 0.6 is 0 Å². The summed E-state index contributed by atoms with van der Waals surface area (Å²) in [7, 11) is -3.55. The summed E-state index contributed by atoms with van der Waals surface area (Å²) in [6.07, 6.45) is 3.45. The second kappa shape index (κ2) is 8.05. The van der Waals surface area contributed by atoms with Crippen LogP contribution in [0.1, 0.15) is 47.7 Å². The molecule has 1 aliphatic heterocycles. The number of para-hydroxylation sites is 1. The third-order valence-electron chi connectivity index (χ3n) is 6.12. The molecule has 3 aromatic rings. The number of piperidine rings is 1. The maximum absolute atomic E-state index is 13.4. The Balaban J connectivity index is 1.31. The maximum Gasteiger partial charge on any atom is 0.254 e. The van der Waals surface area contributed by atoms with Crippen LogP contribution in [-0.4, -0.2) is 43.3 Å². The van der Waals surface area contributed by atoms with Crippen LogP contribution in [0, 0.1) is 0 Å². The quantitative estimate of drug-likeness (QED) is 0.663. The van der Waals surface area contributed by atoms with Gasteiger partial charge in [0.25, 0.3) is 5.91 Å². The Kier molecular flexibility index (Phi) is 5.24. The largest absolute Gasteiger partial charge is 0.339 e. The molecule has 1 aliphatic carbocycles.